The van der Waals surface area contributed by atoms with Gasteiger partial charge in [-0.15, -0.1) is 0 Å². The van der Waals surface area contributed by atoms with Crippen molar-refractivity contribution in [3.05, 3.63) is 12.4 Å². The minimum atomic E-state index is -0.915. The van der Waals surface area contributed by atoms with Gasteiger partial charge in [-0.25, -0.2) is 9.18 Å². The second kappa shape index (κ2) is 5.89. The maximum Gasteiger partial charge on any atom is 0.412 e. The van der Waals surface area contributed by atoms with Crippen molar-refractivity contribution in [2.24, 2.45) is 5.41 Å². The van der Waals surface area contributed by atoms with Crippen molar-refractivity contribution in [2.75, 3.05) is 7.05 Å². The van der Waals surface area contributed by atoms with Gasteiger partial charge >= 0.3 is 6.09 Å². The zero-order valence-corrected chi connectivity index (χ0v) is 14.6. The van der Waals surface area contributed by atoms with E-state index in [1.54, 1.807) is 27.8 Å². The molecule has 1 aliphatic heterocycles. The fourth-order valence-corrected chi connectivity index (χ4v) is 2.77. The van der Waals surface area contributed by atoms with Gasteiger partial charge in [0, 0.05) is 18.9 Å². The molecule has 2 atom stereocenters. The molecule has 6 heteroatoms. The highest BCUT2D eigenvalue weighted by atomic mass is 19.1. The topological polar surface area (TPSA) is 49.9 Å². The second-order valence-corrected chi connectivity index (χ2v) is 7.81. The molecule has 0 aliphatic carbocycles. The van der Waals surface area contributed by atoms with Gasteiger partial charge in [0.05, 0.1) is 5.83 Å². The summed E-state index contributed by atoms with van der Waals surface area (Å²) in [5, 5.41) is 0. The molecule has 0 saturated carbocycles. The molecule has 0 N–H and O–H groups in total. The van der Waals surface area contributed by atoms with Crippen LogP contribution in [-0.2, 0) is 9.53 Å². The van der Waals surface area contributed by atoms with Crippen LogP contribution in [0.5, 0.6) is 0 Å². The Morgan fingerprint density at radius 3 is 2.14 bits per heavy atom. The Kier molecular flexibility index (Phi) is 4.94. The molecule has 5 nitrogen and oxygen atoms in total. The van der Waals surface area contributed by atoms with Gasteiger partial charge < -0.3 is 9.64 Å². The van der Waals surface area contributed by atoms with Crippen LogP contribution in [0.25, 0.3) is 0 Å². The Balaban J connectivity index is 3.23. The van der Waals surface area contributed by atoms with Crippen molar-refractivity contribution >= 4 is 12.0 Å². The van der Waals surface area contributed by atoms with Gasteiger partial charge in [-0.05, 0) is 20.8 Å². The highest BCUT2D eigenvalue weighted by molar-refractivity contribution is 5.89. The monoisotopic (exact) mass is 314 g/mol. The smallest absolute Gasteiger partial charge is 0.412 e. The van der Waals surface area contributed by atoms with Crippen LogP contribution in [0.15, 0.2) is 12.4 Å². The average molecular weight is 314 g/mol. The highest BCUT2D eigenvalue weighted by Gasteiger charge is 2.52. The van der Waals surface area contributed by atoms with Crippen LogP contribution in [0.1, 0.15) is 48.0 Å². The van der Waals surface area contributed by atoms with E-state index in [0.29, 0.717) is 0 Å². The summed E-state index contributed by atoms with van der Waals surface area (Å²) in [6, 6.07) is -0.915. The fraction of sp³-hybridized carbons (Fsp3) is 0.750. The molecule has 1 saturated heterocycles. The van der Waals surface area contributed by atoms with Crippen LogP contribution in [0.3, 0.4) is 0 Å². The molecule has 0 aromatic rings. The SMILES string of the molecule is C=C(F)C[C@@H]1C(=O)N(C)[C@H](C(C)(C)C)N1C(=O)OC(C)(C)C. The predicted octanol–water partition coefficient (Wildman–Crippen LogP) is 3.31. The van der Waals surface area contributed by atoms with Gasteiger partial charge in [0.2, 0.25) is 5.91 Å². The van der Waals surface area contributed by atoms with Crippen LogP contribution in [0.2, 0.25) is 0 Å². The van der Waals surface area contributed by atoms with E-state index in [0.717, 1.165) is 0 Å². The maximum atomic E-state index is 13.3. The van der Waals surface area contributed by atoms with Gasteiger partial charge in [0.1, 0.15) is 17.8 Å². The minimum Gasteiger partial charge on any atom is -0.444 e. The first-order chi connectivity index (χ1) is 9.75. The van der Waals surface area contributed by atoms with Crippen LogP contribution in [-0.4, -0.2) is 46.7 Å². The number of halogens is 1. The molecular weight excluding hydrogens is 287 g/mol. The van der Waals surface area contributed by atoms with E-state index in [2.05, 4.69) is 6.58 Å². The van der Waals surface area contributed by atoms with Gasteiger partial charge in [-0.2, -0.15) is 0 Å². The summed E-state index contributed by atoms with van der Waals surface area (Å²) in [6.45, 7) is 14.2. The quantitative estimate of drug-likeness (QED) is 0.785. The largest absolute Gasteiger partial charge is 0.444 e. The summed E-state index contributed by atoms with van der Waals surface area (Å²) in [6.07, 6.45) is -1.33. The molecule has 1 aliphatic rings. The minimum absolute atomic E-state index is 0.213. The molecule has 0 unspecified atom stereocenters. The van der Waals surface area contributed by atoms with E-state index in [-0.39, 0.29) is 12.3 Å². The lowest BCUT2D eigenvalue weighted by atomic mass is 9.91. The number of hydrogen-bond donors (Lipinski definition) is 0. The van der Waals surface area contributed by atoms with Crippen LogP contribution in [0.4, 0.5) is 9.18 Å². The van der Waals surface area contributed by atoms with Crippen LogP contribution in [0, 0.1) is 5.41 Å². The number of carbonyl (C=O) groups excluding carboxylic acids is 2. The number of nitrogens with zero attached hydrogens (tertiary/aromatic N) is 2. The first-order valence-corrected chi connectivity index (χ1v) is 7.37. The first-order valence-electron chi connectivity index (χ1n) is 7.37. The molecule has 1 heterocycles. The molecule has 0 aromatic heterocycles. The molecule has 126 valence electrons. The Morgan fingerprint density at radius 1 is 1.27 bits per heavy atom. The summed E-state index contributed by atoms with van der Waals surface area (Å²) in [7, 11) is 1.62. The van der Waals surface area contributed by atoms with Gasteiger partial charge in [0.25, 0.3) is 0 Å². The Morgan fingerprint density at radius 2 is 1.77 bits per heavy atom. The fourth-order valence-electron chi connectivity index (χ4n) is 2.77. The predicted molar refractivity (Wildman–Crippen MR) is 82.7 cm³/mol. The van der Waals surface area contributed by atoms with E-state index >= 15 is 0 Å². The van der Waals surface area contributed by atoms with Crippen LogP contribution < -0.4 is 0 Å². The van der Waals surface area contributed by atoms with E-state index in [1.807, 2.05) is 20.8 Å². The summed E-state index contributed by atoms with van der Waals surface area (Å²) < 4.78 is 18.7. The summed E-state index contributed by atoms with van der Waals surface area (Å²) >= 11 is 0. The molecule has 0 bridgehead atoms. The van der Waals surface area contributed by atoms with Gasteiger partial charge in [-0.1, -0.05) is 27.4 Å². The third-order valence-corrected chi connectivity index (χ3v) is 3.39. The zero-order chi connectivity index (χ0) is 17.5. The van der Waals surface area contributed by atoms with Gasteiger partial charge in [0.15, 0.2) is 0 Å². The molecule has 1 fully saturated rings. The van der Waals surface area contributed by atoms with Gasteiger partial charge in [-0.3, -0.25) is 9.69 Å². The third-order valence-electron chi connectivity index (χ3n) is 3.39. The number of carbonyl (C=O) groups is 2. The van der Waals surface area contributed by atoms with Crippen molar-refractivity contribution in [3.63, 3.8) is 0 Å². The molecule has 0 radical (unpaired) electrons. The Hall–Kier alpha value is -1.59. The lowest BCUT2D eigenvalue weighted by Gasteiger charge is -2.39. The average Bonchev–Trinajstić information content (AvgIpc) is 2.50. The highest BCUT2D eigenvalue weighted by Crippen LogP contribution is 2.36. The molecule has 2 amide bonds. The second-order valence-electron chi connectivity index (χ2n) is 7.81. The molecule has 0 aromatic carbocycles. The van der Waals surface area contributed by atoms with E-state index in [9.17, 15) is 14.0 Å². The number of rotatable bonds is 2. The van der Waals surface area contributed by atoms with E-state index in [4.69, 9.17) is 4.74 Å². The summed E-state index contributed by atoms with van der Waals surface area (Å²) in [5.41, 5.74) is -1.09. The normalized spacial score (nSPS) is 23.0. The molecule has 22 heavy (non-hydrogen) atoms. The molecular formula is C16H27FN2O3. The zero-order valence-electron chi connectivity index (χ0n) is 14.6. The lowest BCUT2D eigenvalue weighted by Crippen LogP contribution is -2.52. The standard InChI is InChI=1S/C16H27FN2O3/c1-10(17)9-11-12(20)18(8)13(15(2,3)4)19(11)14(21)22-16(5,6)7/h11,13H,1,9H2,2-8H3/t11-,13+/m1/s1. The third kappa shape index (κ3) is 3.99. The molecule has 1 rings (SSSR count). The number of ether oxygens (including phenoxy) is 1. The summed E-state index contributed by atoms with van der Waals surface area (Å²) in [5.74, 6) is -0.931. The van der Waals surface area contributed by atoms with Crippen molar-refractivity contribution in [2.45, 2.75) is 65.8 Å². The number of hydrogen-bond acceptors (Lipinski definition) is 3. The lowest BCUT2D eigenvalue weighted by molar-refractivity contribution is -0.129. The first kappa shape index (κ1) is 18.5. The Bertz CT molecular complexity index is 477. The van der Waals surface area contributed by atoms with Crippen LogP contribution >= 0.6 is 0 Å². The Labute approximate surface area is 132 Å². The summed E-state index contributed by atoms with van der Waals surface area (Å²) in [4.78, 5) is 27.9. The molecule has 0 spiro atoms. The number of likely N-dealkylation sites (N-methyl/N-ethyl adjacent to an activating group) is 1. The van der Waals surface area contributed by atoms with Crippen molar-refractivity contribution < 1.29 is 18.7 Å². The maximum absolute atomic E-state index is 13.3. The number of amides is 2. The van der Waals surface area contributed by atoms with Crippen molar-refractivity contribution in [1.82, 2.24) is 9.80 Å². The van der Waals surface area contributed by atoms with E-state index in [1.165, 1.54) is 9.80 Å². The van der Waals surface area contributed by atoms with Crippen molar-refractivity contribution in [3.8, 4) is 0 Å². The van der Waals surface area contributed by atoms with Crippen molar-refractivity contribution in [1.29, 1.82) is 0 Å². The van der Waals surface area contributed by atoms with E-state index < -0.39 is 35.1 Å².